The molecule has 0 saturated heterocycles. The smallest absolute Gasteiger partial charge is 0.406 e. The molecule has 186 valence electrons. The third-order valence-electron chi connectivity index (χ3n) is 4.69. The number of alkyl halides is 3. The van der Waals surface area contributed by atoms with Crippen LogP contribution in [0.5, 0.6) is 5.75 Å². The number of aromatic nitrogens is 5. The van der Waals surface area contributed by atoms with Crippen molar-refractivity contribution in [1.29, 1.82) is 0 Å². The number of aryl methyl sites for hydroxylation is 2. The summed E-state index contributed by atoms with van der Waals surface area (Å²) in [7, 11) is 0. The number of thioether (sulfide) groups is 1. The topological polar surface area (TPSA) is 94.8 Å². The molecule has 0 aliphatic carbocycles. The van der Waals surface area contributed by atoms with Crippen molar-refractivity contribution in [2.24, 2.45) is 0 Å². The van der Waals surface area contributed by atoms with Gasteiger partial charge in [0, 0.05) is 27.9 Å². The number of ether oxygens (including phenoxy) is 1. The minimum absolute atomic E-state index is 0.0393. The van der Waals surface area contributed by atoms with E-state index >= 15 is 0 Å². The van der Waals surface area contributed by atoms with Crippen LogP contribution in [-0.4, -0.2) is 37.2 Å². The molecule has 2 heterocycles. The van der Waals surface area contributed by atoms with Crippen molar-refractivity contribution in [3.63, 3.8) is 0 Å². The van der Waals surface area contributed by atoms with Crippen LogP contribution in [0.15, 0.2) is 59.8 Å². The van der Waals surface area contributed by atoms with E-state index in [1.54, 1.807) is 24.3 Å². The van der Waals surface area contributed by atoms with E-state index in [4.69, 9.17) is 11.6 Å². The van der Waals surface area contributed by atoms with Gasteiger partial charge in [-0.05, 0) is 68.4 Å². The van der Waals surface area contributed by atoms with E-state index in [2.05, 4.69) is 30.3 Å². The van der Waals surface area contributed by atoms with E-state index in [0.29, 0.717) is 27.2 Å². The van der Waals surface area contributed by atoms with Gasteiger partial charge in [0.05, 0.1) is 11.4 Å². The van der Waals surface area contributed by atoms with Crippen LogP contribution in [0.4, 0.5) is 18.9 Å². The maximum atomic E-state index is 13.0. The molecule has 0 bridgehead atoms. The summed E-state index contributed by atoms with van der Waals surface area (Å²) in [5.41, 5.74) is 2.91. The molecular weight excluding hydrogens is 517 g/mol. The van der Waals surface area contributed by atoms with E-state index in [-0.39, 0.29) is 17.2 Å². The van der Waals surface area contributed by atoms with E-state index in [1.807, 2.05) is 19.9 Å². The molecule has 1 amide bonds. The molecule has 4 rings (SSSR count). The van der Waals surface area contributed by atoms with Crippen molar-refractivity contribution >= 4 is 35.0 Å². The molecule has 2 aromatic heterocycles. The van der Waals surface area contributed by atoms with Gasteiger partial charge in [0.25, 0.3) is 5.91 Å². The zero-order valence-corrected chi connectivity index (χ0v) is 20.4. The van der Waals surface area contributed by atoms with Gasteiger partial charge >= 0.3 is 6.36 Å². The summed E-state index contributed by atoms with van der Waals surface area (Å²) in [6, 6.07) is 13.5. The normalized spacial score (nSPS) is 11.4. The lowest BCUT2D eigenvalue weighted by atomic mass is 10.2. The first kappa shape index (κ1) is 25.5. The van der Waals surface area contributed by atoms with Gasteiger partial charge in [-0.15, -0.1) is 18.3 Å². The zero-order valence-electron chi connectivity index (χ0n) is 18.9. The fourth-order valence-electron chi connectivity index (χ4n) is 3.22. The molecule has 0 spiro atoms. The van der Waals surface area contributed by atoms with E-state index < -0.39 is 12.3 Å². The molecule has 0 atom stereocenters. The molecule has 4 aromatic rings. The number of carbonyl (C=O) groups excluding carboxylic acids is 1. The van der Waals surface area contributed by atoms with Gasteiger partial charge in [-0.25, -0.2) is 14.6 Å². The summed E-state index contributed by atoms with van der Waals surface area (Å²) in [6.07, 6.45) is -4.81. The van der Waals surface area contributed by atoms with Gasteiger partial charge in [0.2, 0.25) is 0 Å². The summed E-state index contributed by atoms with van der Waals surface area (Å²) in [5, 5.41) is 11.9. The van der Waals surface area contributed by atoms with Gasteiger partial charge < -0.3 is 10.1 Å². The first-order chi connectivity index (χ1) is 17.1. The molecule has 1 N–H and O–H groups in total. The average molecular weight is 535 g/mol. The third-order valence-corrected chi connectivity index (χ3v) is 5.81. The molecule has 0 radical (unpaired) electrons. The van der Waals surface area contributed by atoms with Crippen LogP contribution in [0, 0.1) is 13.8 Å². The first-order valence-electron chi connectivity index (χ1n) is 10.4. The molecular formula is C23H18ClF3N6O2S. The van der Waals surface area contributed by atoms with Crippen molar-refractivity contribution in [1.82, 2.24) is 25.0 Å². The summed E-state index contributed by atoms with van der Waals surface area (Å²) in [4.78, 5) is 21.8. The van der Waals surface area contributed by atoms with Gasteiger partial charge in [0.1, 0.15) is 5.75 Å². The molecule has 0 aliphatic rings. The van der Waals surface area contributed by atoms with E-state index in [1.165, 1.54) is 28.6 Å². The molecule has 0 saturated carbocycles. The number of hydrogen-bond donors (Lipinski definition) is 1. The Morgan fingerprint density at radius 3 is 2.31 bits per heavy atom. The lowest BCUT2D eigenvalue weighted by molar-refractivity contribution is -0.274. The number of rotatable bonds is 7. The summed E-state index contributed by atoms with van der Waals surface area (Å²) in [5.74, 6) is -0.691. The van der Waals surface area contributed by atoms with Crippen molar-refractivity contribution < 1.29 is 22.7 Å². The Hall–Kier alpha value is -3.64. The highest BCUT2D eigenvalue weighted by atomic mass is 35.5. The number of amides is 1. The molecule has 8 nitrogen and oxygen atoms in total. The second kappa shape index (κ2) is 10.5. The Morgan fingerprint density at radius 1 is 1.06 bits per heavy atom. The van der Waals surface area contributed by atoms with Crippen LogP contribution in [-0.2, 0) is 5.75 Å². The first-order valence-corrected chi connectivity index (χ1v) is 11.8. The number of halogens is 4. The number of carbonyl (C=O) groups is 1. The number of benzene rings is 2. The lowest BCUT2D eigenvalue weighted by Gasteiger charge is -2.11. The molecule has 2 aromatic carbocycles. The number of nitrogens with zero attached hydrogens (tertiary/aromatic N) is 5. The number of anilines is 1. The Bertz CT molecular complexity index is 1360. The van der Waals surface area contributed by atoms with Crippen LogP contribution in [0.25, 0.3) is 5.69 Å². The Labute approximate surface area is 212 Å². The standard InChI is InChI=1S/C23H18ClF3N6O2S/c1-13-11-14(2)29-22(28-13)36-12-19-20(21(34)30-16-5-3-15(24)4-6-16)31-32-33(19)17-7-9-18(10-8-17)35-23(25,26)27/h3-11H,12H2,1-2H3,(H,30,34). The molecule has 0 unspecified atom stereocenters. The van der Waals surface area contributed by atoms with Gasteiger partial charge in [-0.2, -0.15) is 0 Å². The molecule has 0 fully saturated rings. The third kappa shape index (κ3) is 6.52. The molecule has 36 heavy (non-hydrogen) atoms. The molecule has 13 heteroatoms. The van der Waals surface area contributed by atoms with Crippen molar-refractivity contribution in [3.05, 3.63) is 82.4 Å². The monoisotopic (exact) mass is 534 g/mol. The highest BCUT2D eigenvalue weighted by Gasteiger charge is 2.31. The fourth-order valence-corrected chi connectivity index (χ4v) is 4.29. The summed E-state index contributed by atoms with van der Waals surface area (Å²) < 4.78 is 42.9. The maximum absolute atomic E-state index is 13.0. The van der Waals surface area contributed by atoms with Crippen molar-refractivity contribution in [2.45, 2.75) is 31.1 Å². The summed E-state index contributed by atoms with van der Waals surface area (Å²) in [6.45, 7) is 3.69. The van der Waals surface area contributed by atoms with Crippen LogP contribution in [0.1, 0.15) is 27.6 Å². The van der Waals surface area contributed by atoms with E-state index in [9.17, 15) is 18.0 Å². The second-order valence-electron chi connectivity index (χ2n) is 7.52. The minimum Gasteiger partial charge on any atom is -0.406 e. The largest absolute Gasteiger partial charge is 0.573 e. The summed E-state index contributed by atoms with van der Waals surface area (Å²) >= 11 is 7.18. The second-order valence-corrected chi connectivity index (χ2v) is 8.90. The van der Waals surface area contributed by atoms with Gasteiger partial charge in [0.15, 0.2) is 10.9 Å². The predicted octanol–water partition coefficient (Wildman–Crippen LogP) is 5.77. The molecule has 0 aliphatic heterocycles. The Kier molecular flexibility index (Phi) is 7.45. The van der Waals surface area contributed by atoms with E-state index in [0.717, 1.165) is 23.5 Å². The highest BCUT2D eigenvalue weighted by molar-refractivity contribution is 7.98. The fraction of sp³-hybridized carbons (Fsp3) is 0.174. The van der Waals surface area contributed by atoms with Gasteiger partial charge in [-0.3, -0.25) is 4.79 Å². The Morgan fingerprint density at radius 2 is 1.69 bits per heavy atom. The van der Waals surface area contributed by atoms with Gasteiger partial charge in [-0.1, -0.05) is 28.6 Å². The maximum Gasteiger partial charge on any atom is 0.573 e. The van der Waals surface area contributed by atoms with Crippen molar-refractivity contribution in [2.75, 3.05) is 5.32 Å². The SMILES string of the molecule is Cc1cc(C)nc(SCc2c(C(=O)Nc3ccc(Cl)cc3)nnn2-c2ccc(OC(F)(F)F)cc2)n1. The number of nitrogens with one attached hydrogen (secondary N) is 1. The average Bonchev–Trinajstić information content (AvgIpc) is 3.22. The minimum atomic E-state index is -4.81. The van der Waals surface area contributed by atoms with Crippen LogP contribution in [0.3, 0.4) is 0 Å². The highest BCUT2D eigenvalue weighted by Crippen LogP contribution is 2.27. The van der Waals surface area contributed by atoms with Crippen LogP contribution >= 0.6 is 23.4 Å². The lowest BCUT2D eigenvalue weighted by Crippen LogP contribution is -2.17. The van der Waals surface area contributed by atoms with Crippen LogP contribution < -0.4 is 10.1 Å². The Balaban J connectivity index is 1.65. The quantitative estimate of drug-likeness (QED) is 0.237. The van der Waals surface area contributed by atoms with Crippen LogP contribution in [0.2, 0.25) is 5.02 Å². The number of hydrogen-bond acceptors (Lipinski definition) is 7. The zero-order chi connectivity index (χ0) is 25.9. The predicted molar refractivity (Wildman–Crippen MR) is 129 cm³/mol. The van der Waals surface area contributed by atoms with Crippen molar-refractivity contribution in [3.8, 4) is 11.4 Å².